The number of piperazine rings is 1. The van der Waals surface area contributed by atoms with Crippen LogP contribution in [0.25, 0.3) is 0 Å². The van der Waals surface area contributed by atoms with E-state index in [1.165, 1.54) is 0 Å². The number of anilines is 1. The Bertz CT molecular complexity index is 857. The zero-order valence-corrected chi connectivity index (χ0v) is 17.3. The minimum Gasteiger partial charge on any atom is -0.361 e. The van der Waals surface area contributed by atoms with Crippen molar-refractivity contribution in [1.82, 2.24) is 15.0 Å². The van der Waals surface area contributed by atoms with Gasteiger partial charge in [-0.1, -0.05) is 28.4 Å². The molecule has 9 heteroatoms. The van der Waals surface area contributed by atoms with Crippen LogP contribution in [0, 0.1) is 13.8 Å². The van der Waals surface area contributed by atoms with Crippen LogP contribution in [0.1, 0.15) is 17.0 Å². The Morgan fingerprint density at radius 3 is 2.54 bits per heavy atom. The molecular formula is C19H22Cl2N4O3. The van der Waals surface area contributed by atoms with Crippen LogP contribution in [0.15, 0.2) is 22.7 Å². The summed E-state index contributed by atoms with van der Waals surface area (Å²) >= 11 is 12.0. The molecular weight excluding hydrogens is 403 g/mol. The molecule has 1 aromatic carbocycles. The van der Waals surface area contributed by atoms with Gasteiger partial charge in [0.05, 0.1) is 29.4 Å². The van der Waals surface area contributed by atoms with Crippen LogP contribution in [-0.4, -0.2) is 59.5 Å². The molecule has 2 heterocycles. The molecule has 1 fully saturated rings. The van der Waals surface area contributed by atoms with Gasteiger partial charge in [0.2, 0.25) is 11.8 Å². The molecule has 0 aliphatic carbocycles. The van der Waals surface area contributed by atoms with Crippen molar-refractivity contribution in [3.8, 4) is 0 Å². The first-order valence-corrected chi connectivity index (χ1v) is 9.76. The van der Waals surface area contributed by atoms with Crippen LogP contribution in [0.2, 0.25) is 10.0 Å². The van der Waals surface area contributed by atoms with Crippen LogP contribution < -0.4 is 5.32 Å². The average Bonchev–Trinajstić information content (AvgIpc) is 2.97. The van der Waals surface area contributed by atoms with Gasteiger partial charge in [-0.15, -0.1) is 0 Å². The predicted molar refractivity (Wildman–Crippen MR) is 108 cm³/mol. The Morgan fingerprint density at radius 1 is 1.18 bits per heavy atom. The minimum absolute atomic E-state index is 0.0456. The second-order valence-corrected chi connectivity index (χ2v) is 7.65. The number of hydrogen-bond donors (Lipinski definition) is 1. The Balaban J connectivity index is 1.48. The highest BCUT2D eigenvalue weighted by Crippen LogP contribution is 2.25. The van der Waals surface area contributed by atoms with Crippen molar-refractivity contribution < 1.29 is 14.1 Å². The van der Waals surface area contributed by atoms with Crippen molar-refractivity contribution in [2.75, 3.05) is 38.0 Å². The largest absolute Gasteiger partial charge is 0.361 e. The first kappa shape index (κ1) is 20.6. The van der Waals surface area contributed by atoms with Crippen LogP contribution in [0.4, 0.5) is 5.69 Å². The summed E-state index contributed by atoms with van der Waals surface area (Å²) in [5.74, 6) is 0.560. The van der Waals surface area contributed by atoms with Crippen LogP contribution in [0.5, 0.6) is 0 Å². The lowest BCUT2D eigenvalue weighted by Crippen LogP contribution is -2.50. The summed E-state index contributed by atoms with van der Waals surface area (Å²) in [6, 6.07) is 4.92. The highest BCUT2D eigenvalue weighted by Gasteiger charge is 2.24. The molecule has 1 aliphatic heterocycles. The lowest BCUT2D eigenvalue weighted by Gasteiger charge is -2.34. The standard InChI is InChI=1S/C19H22Cl2N4O3/c1-12-15(13(2)28-23-12)10-19(27)25-7-5-24(6-8-25)11-18(26)22-17-9-14(20)3-4-16(17)21/h3-4,9H,5-8,10-11H2,1-2H3,(H,22,26). The molecule has 1 aliphatic rings. The van der Waals surface area contributed by atoms with Gasteiger partial charge in [-0.05, 0) is 32.0 Å². The van der Waals surface area contributed by atoms with Crippen molar-refractivity contribution in [3.05, 3.63) is 45.3 Å². The van der Waals surface area contributed by atoms with E-state index in [2.05, 4.69) is 10.5 Å². The van der Waals surface area contributed by atoms with E-state index in [4.69, 9.17) is 27.7 Å². The molecule has 28 heavy (non-hydrogen) atoms. The third kappa shape index (κ3) is 5.04. The van der Waals surface area contributed by atoms with E-state index in [0.29, 0.717) is 47.7 Å². The fraction of sp³-hybridized carbons (Fsp3) is 0.421. The Labute approximate surface area is 173 Å². The number of halogens is 2. The van der Waals surface area contributed by atoms with Gasteiger partial charge in [-0.3, -0.25) is 14.5 Å². The van der Waals surface area contributed by atoms with Crippen LogP contribution >= 0.6 is 23.2 Å². The van der Waals surface area contributed by atoms with Gasteiger partial charge in [0.1, 0.15) is 5.76 Å². The molecule has 0 radical (unpaired) electrons. The summed E-state index contributed by atoms with van der Waals surface area (Å²) in [6.45, 7) is 6.29. The number of nitrogens with zero attached hydrogens (tertiary/aromatic N) is 3. The normalized spacial score (nSPS) is 14.9. The molecule has 2 aromatic rings. The van der Waals surface area contributed by atoms with Gasteiger partial charge in [0.25, 0.3) is 0 Å². The number of hydrogen-bond acceptors (Lipinski definition) is 5. The number of nitrogens with one attached hydrogen (secondary N) is 1. The molecule has 2 amide bonds. The van der Waals surface area contributed by atoms with Gasteiger partial charge < -0.3 is 14.7 Å². The lowest BCUT2D eigenvalue weighted by atomic mass is 10.1. The van der Waals surface area contributed by atoms with E-state index < -0.39 is 0 Å². The first-order valence-electron chi connectivity index (χ1n) is 9.00. The zero-order chi connectivity index (χ0) is 20.3. The van der Waals surface area contributed by atoms with Gasteiger partial charge in [-0.25, -0.2) is 0 Å². The number of carbonyl (C=O) groups is 2. The smallest absolute Gasteiger partial charge is 0.238 e. The van der Waals surface area contributed by atoms with Gasteiger partial charge >= 0.3 is 0 Å². The second kappa shape index (κ2) is 8.94. The third-order valence-corrected chi connectivity index (χ3v) is 5.37. The molecule has 7 nitrogen and oxygen atoms in total. The van der Waals surface area contributed by atoms with Gasteiger partial charge in [0.15, 0.2) is 0 Å². The van der Waals surface area contributed by atoms with E-state index in [9.17, 15) is 9.59 Å². The summed E-state index contributed by atoms with van der Waals surface area (Å²) < 4.78 is 5.12. The Morgan fingerprint density at radius 2 is 1.89 bits per heavy atom. The Kier molecular flexibility index (Phi) is 6.59. The van der Waals surface area contributed by atoms with E-state index in [0.717, 1.165) is 11.3 Å². The summed E-state index contributed by atoms with van der Waals surface area (Å²) in [7, 11) is 0. The predicted octanol–water partition coefficient (Wildman–Crippen LogP) is 2.92. The summed E-state index contributed by atoms with van der Waals surface area (Å²) in [6.07, 6.45) is 0.287. The van der Waals surface area contributed by atoms with Gasteiger partial charge in [-0.2, -0.15) is 0 Å². The number of aryl methyl sites for hydroxylation is 2. The van der Waals surface area contributed by atoms with E-state index >= 15 is 0 Å². The van der Waals surface area contributed by atoms with Crippen molar-refractivity contribution in [1.29, 1.82) is 0 Å². The fourth-order valence-corrected chi connectivity index (χ4v) is 3.50. The molecule has 0 bridgehead atoms. The van der Waals surface area contributed by atoms with Crippen molar-refractivity contribution in [3.63, 3.8) is 0 Å². The number of aromatic nitrogens is 1. The zero-order valence-electron chi connectivity index (χ0n) is 15.8. The maximum absolute atomic E-state index is 12.5. The number of rotatable bonds is 5. The Hall–Kier alpha value is -2.09. The average molecular weight is 425 g/mol. The molecule has 1 N–H and O–H groups in total. The molecule has 1 saturated heterocycles. The molecule has 150 valence electrons. The number of carbonyl (C=O) groups excluding carboxylic acids is 2. The van der Waals surface area contributed by atoms with E-state index in [-0.39, 0.29) is 24.8 Å². The van der Waals surface area contributed by atoms with E-state index in [1.54, 1.807) is 18.2 Å². The molecule has 0 unspecified atom stereocenters. The highest BCUT2D eigenvalue weighted by atomic mass is 35.5. The summed E-state index contributed by atoms with van der Waals surface area (Å²) in [5, 5.41) is 7.61. The first-order chi connectivity index (χ1) is 13.3. The van der Waals surface area contributed by atoms with Crippen LogP contribution in [0.3, 0.4) is 0 Å². The SMILES string of the molecule is Cc1noc(C)c1CC(=O)N1CCN(CC(=O)Nc2cc(Cl)ccc2Cl)CC1. The number of amides is 2. The van der Waals surface area contributed by atoms with Crippen molar-refractivity contribution in [2.24, 2.45) is 0 Å². The number of benzene rings is 1. The van der Waals surface area contributed by atoms with Crippen molar-refractivity contribution >= 4 is 40.7 Å². The molecule has 1 aromatic heterocycles. The fourth-order valence-electron chi connectivity index (χ4n) is 3.16. The second-order valence-electron chi connectivity index (χ2n) is 6.81. The van der Waals surface area contributed by atoms with Crippen molar-refractivity contribution in [2.45, 2.75) is 20.3 Å². The monoisotopic (exact) mass is 424 g/mol. The maximum atomic E-state index is 12.5. The third-order valence-electron chi connectivity index (χ3n) is 4.80. The van der Waals surface area contributed by atoms with Gasteiger partial charge in [0, 0.05) is 36.8 Å². The maximum Gasteiger partial charge on any atom is 0.238 e. The molecule has 0 saturated carbocycles. The molecule has 0 spiro atoms. The van der Waals surface area contributed by atoms with Crippen LogP contribution in [-0.2, 0) is 16.0 Å². The quantitative estimate of drug-likeness (QED) is 0.797. The molecule has 0 atom stereocenters. The lowest BCUT2D eigenvalue weighted by molar-refractivity contribution is -0.132. The van der Waals surface area contributed by atoms with E-state index in [1.807, 2.05) is 23.6 Å². The highest BCUT2D eigenvalue weighted by molar-refractivity contribution is 6.35. The summed E-state index contributed by atoms with van der Waals surface area (Å²) in [4.78, 5) is 28.7. The molecule has 3 rings (SSSR count). The topological polar surface area (TPSA) is 78.7 Å². The minimum atomic E-state index is -0.167. The summed E-state index contributed by atoms with van der Waals surface area (Å²) in [5.41, 5.74) is 2.10.